The third-order valence-corrected chi connectivity index (χ3v) is 5.76. The summed E-state index contributed by atoms with van der Waals surface area (Å²) in [7, 11) is 0. The molecule has 3 rings (SSSR count). The molecule has 23 heavy (non-hydrogen) atoms. The molecule has 1 aliphatic rings. The molecule has 1 aliphatic carbocycles. The molecule has 2 N–H and O–H groups in total. The lowest BCUT2D eigenvalue weighted by molar-refractivity contribution is 0.0922. The molecule has 1 unspecified atom stereocenters. The van der Waals surface area contributed by atoms with Gasteiger partial charge in [0.2, 0.25) is 0 Å². The van der Waals surface area contributed by atoms with Gasteiger partial charge < -0.3 is 10.3 Å². The third-order valence-electron chi connectivity index (χ3n) is 4.03. The van der Waals surface area contributed by atoms with E-state index in [-0.39, 0.29) is 11.7 Å². The van der Waals surface area contributed by atoms with Crippen LogP contribution in [0, 0.1) is 20.0 Å². The van der Waals surface area contributed by atoms with E-state index in [4.69, 9.17) is 12.2 Å². The van der Waals surface area contributed by atoms with Crippen molar-refractivity contribution in [3.63, 3.8) is 0 Å². The highest BCUT2D eigenvalue weighted by Gasteiger charge is 2.30. The number of halogens is 1. The van der Waals surface area contributed by atoms with Crippen molar-refractivity contribution in [1.29, 1.82) is 0 Å². The normalized spacial score (nSPS) is 16.7. The molecule has 4 nitrogen and oxygen atoms in total. The van der Waals surface area contributed by atoms with Crippen molar-refractivity contribution in [1.82, 2.24) is 9.97 Å². The number of nitrogens with one attached hydrogen (secondary N) is 2. The van der Waals surface area contributed by atoms with Gasteiger partial charge in [-0.1, -0.05) is 26.1 Å². The zero-order valence-corrected chi connectivity index (χ0v) is 16.0. The Morgan fingerprint density at radius 3 is 3.00 bits per heavy atom. The number of hydrogen-bond acceptors (Lipinski definition) is 4. The fourth-order valence-electron chi connectivity index (χ4n) is 3.04. The standard InChI is InChI=1S/C17H18IN3OS/c1-9(2)5-11-6-10-7-12(3-4-13(10)15(11)22)21-16-14(18)17(23)20-8-19-16/h3-4,7-9,11H,5-6H2,1-2H3,(H2,19,20,21,23). The summed E-state index contributed by atoms with van der Waals surface area (Å²) in [5, 5.41) is 3.33. The number of aromatic nitrogens is 2. The number of carbonyl (C=O) groups excluding carboxylic acids is 1. The van der Waals surface area contributed by atoms with Crippen LogP contribution in [0.25, 0.3) is 0 Å². The van der Waals surface area contributed by atoms with Crippen molar-refractivity contribution < 1.29 is 4.79 Å². The Morgan fingerprint density at radius 2 is 2.26 bits per heavy atom. The molecule has 0 saturated carbocycles. The van der Waals surface area contributed by atoms with Gasteiger partial charge in [-0.05, 0) is 65.1 Å². The molecule has 0 bridgehead atoms. The summed E-state index contributed by atoms with van der Waals surface area (Å²) in [5.41, 5.74) is 2.96. The van der Waals surface area contributed by atoms with Gasteiger partial charge in [0.15, 0.2) is 5.78 Å². The molecule has 1 aromatic carbocycles. The molecular weight excluding hydrogens is 421 g/mol. The largest absolute Gasteiger partial charge is 0.341 e. The third kappa shape index (κ3) is 3.47. The molecule has 0 amide bonds. The fourth-order valence-corrected chi connectivity index (χ4v) is 3.62. The van der Waals surface area contributed by atoms with E-state index in [1.165, 1.54) is 0 Å². The van der Waals surface area contributed by atoms with Crippen LogP contribution in [-0.2, 0) is 6.42 Å². The maximum atomic E-state index is 12.5. The van der Waals surface area contributed by atoms with Crippen LogP contribution in [0.5, 0.6) is 0 Å². The highest BCUT2D eigenvalue weighted by molar-refractivity contribution is 14.1. The Bertz CT molecular complexity index is 816. The number of nitrogens with zero attached hydrogens (tertiary/aromatic N) is 1. The van der Waals surface area contributed by atoms with Crippen molar-refractivity contribution in [3.8, 4) is 0 Å². The van der Waals surface area contributed by atoms with Crippen molar-refractivity contribution >= 4 is 52.1 Å². The topological polar surface area (TPSA) is 57.8 Å². The van der Waals surface area contributed by atoms with Gasteiger partial charge >= 0.3 is 0 Å². The number of H-pyrrole nitrogens is 1. The molecule has 0 saturated heterocycles. The number of ketones is 1. The molecule has 0 fully saturated rings. The van der Waals surface area contributed by atoms with Crippen LogP contribution in [0.4, 0.5) is 11.5 Å². The van der Waals surface area contributed by atoms with Crippen LogP contribution in [0.15, 0.2) is 24.5 Å². The minimum atomic E-state index is 0.132. The Kier molecular flexibility index (Phi) is 4.82. The molecular formula is C17H18IN3OS. The first-order valence-corrected chi connectivity index (χ1v) is 9.11. The summed E-state index contributed by atoms with van der Waals surface area (Å²) in [6.45, 7) is 4.33. The molecule has 2 aromatic rings. The molecule has 0 spiro atoms. The van der Waals surface area contributed by atoms with Gasteiger partial charge in [0.1, 0.15) is 10.5 Å². The summed E-state index contributed by atoms with van der Waals surface area (Å²) < 4.78 is 1.45. The second kappa shape index (κ2) is 6.68. The molecule has 0 aliphatic heterocycles. The Balaban J connectivity index is 1.85. The fraction of sp³-hybridized carbons (Fsp3) is 0.353. The minimum absolute atomic E-state index is 0.132. The number of aromatic amines is 1. The second-order valence-corrected chi connectivity index (χ2v) is 7.75. The summed E-state index contributed by atoms with van der Waals surface area (Å²) in [4.78, 5) is 19.6. The van der Waals surface area contributed by atoms with Gasteiger partial charge in [0, 0.05) is 17.2 Å². The summed E-state index contributed by atoms with van der Waals surface area (Å²) in [5.74, 6) is 1.79. The molecule has 6 heteroatoms. The van der Waals surface area contributed by atoms with Crippen molar-refractivity contribution in [2.45, 2.75) is 26.7 Å². The first-order chi connectivity index (χ1) is 11.0. The summed E-state index contributed by atoms with van der Waals surface area (Å²) in [6, 6.07) is 5.95. The van der Waals surface area contributed by atoms with Crippen LogP contribution >= 0.6 is 34.8 Å². The average Bonchev–Trinajstić information content (AvgIpc) is 2.79. The van der Waals surface area contributed by atoms with Crippen LogP contribution in [0.1, 0.15) is 36.2 Å². The van der Waals surface area contributed by atoms with E-state index in [0.717, 1.165) is 39.0 Å². The first-order valence-electron chi connectivity index (χ1n) is 7.63. The lowest BCUT2D eigenvalue weighted by atomic mass is 9.94. The Labute approximate surface area is 154 Å². The van der Waals surface area contributed by atoms with E-state index in [2.05, 4.69) is 57.8 Å². The number of benzene rings is 1. The summed E-state index contributed by atoms with van der Waals surface area (Å²) >= 11 is 7.36. The summed E-state index contributed by atoms with van der Waals surface area (Å²) in [6.07, 6.45) is 3.37. The van der Waals surface area contributed by atoms with E-state index in [0.29, 0.717) is 10.6 Å². The number of fused-ring (bicyclic) bond motifs is 1. The van der Waals surface area contributed by atoms with Crippen LogP contribution < -0.4 is 5.32 Å². The quantitative estimate of drug-likeness (QED) is 0.526. The molecule has 1 atom stereocenters. The van der Waals surface area contributed by atoms with Gasteiger partial charge in [-0.3, -0.25) is 4.79 Å². The molecule has 0 radical (unpaired) electrons. The maximum absolute atomic E-state index is 12.5. The van der Waals surface area contributed by atoms with E-state index >= 15 is 0 Å². The smallest absolute Gasteiger partial charge is 0.166 e. The lowest BCUT2D eigenvalue weighted by Crippen LogP contribution is -2.11. The number of carbonyl (C=O) groups is 1. The van der Waals surface area contributed by atoms with Crippen molar-refractivity contribution in [3.05, 3.63) is 43.9 Å². The van der Waals surface area contributed by atoms with Crippen LogP contribution in [-0.4, -0.2) is 15.8 Å². The van der Waals surface area contributed by atoms with Crippen molar-refractivity contribution in [2.75, 3.05) is 5.32 Å². The van der Waals surface area contributed by atoms with E-state index < -0.39 is 0 Å². The Hall–Kier alpha value is -1.28. The molecule has 1 aromatic heterocycles. The zero-order valence-electron chi connectivity index (χ0n) is 13.0. The van der Waals surface area contributed by atoms with Gasteiger partial charge in [0.25, 0.3) is 0 Å². The monoisotopic (exact) mass is 439 g/mol. The van der Waals surface area contributed by atoms with Crippen molar-refractivity contribution in [2.24, 2.45) is 11.8 Å². The van der Waals surface area contributed by atoms with Gasteiger partial charge in [-0.15, -0.1) is 0 Å². The Morgan fingerprint density at radius 1 is 1.48 bits per heavy atom. The predicted molar refractivity (Wildman–Crippen MR) is 103 cm³/mol. The van der Waals surface area contributed by atoms with Crippen LogP contribution in [0.2, 0.25) is 0 Å². The number of Topliss-reactive ketones (excluding diaryl/α,β-unsaturated/α-hetero) is 1. The zero-order chi connectivity index (χ0) is 16.6. The number of rotatable bonds is 4. The highest BCUT2D eigenvalue weighted by atomic mass is 127. The van der Waals surface area contributed by atoms with Crippen LogP contribution in [0.3, 0.4) is 0 Å². The van der Waals surface area contributed by atoms with E-state index in [1.807, 2.05) is 12.1 Å². The number of anilines is 2. The SMILES string of the molecule is CC(C)CC1Cc2cc(Nc3[nH]cnc(=S)c3I)ccc2C1=O. The van der Waals surface area contributed by atoms with Gasteiger partial charge in [-0.2, -0.15) is 0 Å². The van der Waals surface area contributed by atoms with E-state index in [9.17, 15) is 4.79 Å². The maximum Gasteiger partial charge on any atom is 0.166 e. The van der Waals surface area contributed by atoms with Gasteiger partial charge in [-0.25, -0.2) is 4.98 Å². The average molecular weight is 439 g/mol. The van der Waals surface area contributed by atoms with Gasteiger partial charge in [0.05, 0.1) is 9.90 Å². The lowest BCUT2D eigenvalue weighted by Gasteiger charge is -2.10. The second-order valence-electron chi connectivity index (χ2n) is 6.29. The van der Waals surface area contributed by atoms with E-state index in [1.54, 1.807) is 6.33 Å². The molecule has 120 valence electrons. The highest BCUT2D eigenvalue weighted by Crippen LogP contribution is 2.33. The molecule has 1 heterocycles. The number of hydrogen-bond donors (Lipinski definition) is 2. The predicted octanol–water partition coefficient (Wildman–Crippen LogP) is 4.89. The first kappa shape index (κ1) is 16.6. The minimum Gasteiger partial charge on any atom is -0.341 e.